The van der Waals surface area contributed by atoms with Crippen LogP contribution in [0.3, 0.4) is 0 Å². The van der Waals surface area contributed by atoms with E-state index in [4.69, 9.17) is 32.8 Å². The molecule has 3 aromatic rings. The molecule has 34 heavy (non-hydrogen) atoms. The predicted molar refractivity (Wildman–Crippen MR) is 125 cm³/mol. The van der Waals surface area contributed by atoms with Crippen LogP contribution in [0.1, 0.15) is 31.1 Å². The Labute approximate surface area is 197 Å². The van der Waals surface area contributed by atoms with Gasteiger partial charge in [0.25, 0.3) is 0 Å². The van der Waals surface area contributed by atoms with Crippen LogP contribution in [0.5, 0.6) is 23.0 Å². The largest absolute Gasteiger partial charge is 0.493 e. The average molecular weight is 472 g/mol. The molecule has 0 spiro atoms. The Morgan fingerprint density at radius 1 is 0.882 bits per heavy atom. The van der Waals surface area contributed by atoms with Gasteiger partial charge in [0.15, 0.2) is 35.2 Å². The van der Waals surface area contributed by atoms with Gasteiger partial charge in [-0.3, -0.25) is 4.79 Å². The Hall–Kier alpha value is -3.72. The number of hydrogen-bond acceptors (Lipinski definition) is 9. The number of esters is 1. The molecular weight excluding hydrogens is 444 g/mol. The van der Waals surface area contributed by atoms with Crippen molar-refractivity contribution in [3.05, 3.63) is 46.1 Å². The van der Waals surface area contributed by atoms with E-state index >= 15 is 0 Å². The third-order valence-electron chi connectivity index (χ3n) is 4.91. The normalized spacial score (nSPS) is 11.3. The van der Waals surface area contributed by atoms with Crippen LogP contribution in [0.4, 0.5) is 0 Å². The van der Waals surface area contributed by atoms with Crippen molar-refractivity contribution in [2.24, 2.45) is 0 Å². The molecule has 0 bridgehead atoms. The second kappa shape index (κ2) is 10.0. The van der Waals surface area contributed by atoms with Crippen LogP contribution in [0.2, 0.25) is 0 Å². The number of benzene rings is 2. The Morgan fingerprint density at radius 2 is 1.56 bits per heavy atom. The SMILES string of the molecule is COc1ccc(-c2cc(=O)c3c(OC)c(OC)c(C(=O)OCOC(C)(C)C)cc3o2)cc1OC. The summed E-state index contributed by atoms with van der Waals surface area (Å²) in [7, 11) is 5.78. The number of carbonyl (C=O) groups excluding carboxylic acids is 1. The third-order valence-corrected chi connectivity index (χ3v) is 4.91. The minimum absolute atomic E-state index is 0.0250. The molecule has 0 amide bonds. The van der Waals surface area contributed by atoms with Crippen molar-refractivity contribution in [3.8, 4) is 34.3 Å². The standard InChI is InChI=1S/C25H28O9/c1-25(2,3)33-13-32-24(27)15-11-20-21(23(31-7)22(15)30-6)16(26)12-18(34-20)14-8-9-17(28-4)19(10-14)29-5/h8-12H,13H2,1-7H3. The molecule has 9 nitrogen and oxygen atoms in total. The Morgan fingerprint density at radius 3 is 2.15 bits per heavy atom. The smallest absolute Gasteiger partial charge is 0.344 e. The molecule has 2 aromatic carbocycles. The fourth-order valence-corrected chi connectivity index (χ4v) is 3.29. The van der Waals surface area contributed by atoms with Gasteiger partial charge in [-0.05, 0) is 39.0 Å². The first kappa shape index (κ1) is 24.9. The number of fused-ring (bicyclic) bond motifs is 1. The number of hydrogen-bond donors (Lipinski definition) is 0. The molecule has 0 unspecified atom stereocenters. The summed E-state index contributed by atoms with van der Waals surface area (Å²) in [4.78, 5) is 25.9. The molecule has 0 saturated heterocycles. The van der Waals surface area contributed by atoms with Gasteiger partial charge in [-0.25, -0.2) is 4.79 Å². The maximum absolute atomic E-state index is 13.1. The maximum Gasteiger partial charge on any atom is 0.344 e. The van der Waals surface area contributed by atoms with Gasteiger partial charge >= 0.3 is 5.97 Å². The van der Waals surface area contributed by atoms with Crippen LogP contribution in [0.15, 0.2) is 39.5 Å². The highest BCUT2D eigenvalue weighted by Crippen LogP contribution is 2.39. The van der Waals surface area contributed by atoms with Gasteiger partial charge in [0.2, 0.25) is 0 Å². The van der Waals surface area contributed by atoms with Gasteiger partial charge < -0.3 is 32.8 Å². The van der Waals surface area contributed by atoms with E-state index in [1.54, 1.807) is 18.2 Å². The third kappa shape index (κ3) is 5.09. The van der Waals surface area contributed by atoms with Crippen LogP contribution >= 0.6 is 0 Å². The first-order valence-corrected chi connectivity index (χ1v) is 10.4. The molecular formula is C25H28O9. The number of methoxy groups -OCH3 is 4. The van der Waals surface area contributed by atoms with E-state index in [9.17, 15) is 9.59 Å². The summed E-state index contributed by atoms with van der Waals surface area (Å²) in [6.45, 7) is 5.25. The first-order valence-electron chi connectivity index (χ1n) is 10.4. The van der Waals surface area contributed by atoms with Crippen molar-refractivity contribution in [3.63, 3.8) is 0 Å². The van der Waals surface area contributed by atoms with Gasteiger partial charge in [-0.2, -0.15) is 0 Å². The maximum atomic E-state index is 13.1. The monoisotopic (exact) mass is 472 g/mol. The minimum atomic E-state index is -0.722. The molecule has 0 fully saturated rings. The fourth-order valence-electron chi connectivity index (χ4n) is 3.29. The fraction of sp³-hybridized carbons (Fsp3) is 0.360. The Kier molecular flexibility index (Phi) is 7.36. The lowest BCUT2D eigenvalue weighted by Crippen LogP contribution is -2.22. The van der Waals surface area contributed by atoms with E-state index in [0.717, 1.165) is 0 Å². The summed E-state index contributed by atoms with van der Waals surface area (Å²) >= 11 is 0. The van der Waals surface area contributed by atoms with Crippen LogP contribution in [-0.4, -0.2) is 46.8 Å². The lowest BCUT2D eigenvalue weighted by atomic mass is 10.1. The van der Waals surface area contributed by atoms with Gasteiger partial charge in [0.05, 0.1) is 34.0 Å². The number of rotatable bonds is 8. The highest BCUT2D eigenvalue weighted by molar-refractivity contribution is 6.01. The molecule has 182 valence electrons. The first-order chi connectivity index (χ1) is 16.1. The quantitative estimate of drug-likeness (QED) is 0.348. The minimum Gasteiger partial charge on any atom is -0.493 e. The predicted octanol–water partition coefficient (Wildman–Crippen LogP) is 4.42. The molecule has 0 N–H and O–H groups in total. The zero-order chi connectivity index (χ0) is 25.0. The Balaban J connectivity index is 2.14. The molecule has 0 aliphatic carbocycles. The van der Waals surface area contributed by atoms with Crippen LogP contribution in [-0.2, 0) is 9.47 Å². The van der Waals surface area contributed by atoms with Gasteiger partial charge in [0.1, 0.15) is 22.3 Å². The van der Waals surface area contributed by atoms with Crippen LogP contribution in [0, 0.1) is 0 Å². The molecule has 0 saturated carbocycles. The van der Waals surface area contributed by atoms with Gasteiger partial charge in [-0.1, -0.05) is 0 Å². The van der Waals surface area contributed by atoms with Crippen molar-refractivity contribution in [2.75, 3.05) is 35.2 Å². The summed E-state index contributed by atoms with van der Waals surface area (Å²) < 4.78 is 38.2. The highest BCUT2D eigenvalue weighted by atomic mass is 16.7. The average Bonchev–Trinajstić information content (AvgIpc) is 2.81. The van der Waals surface area contributed by atoms with Gasteiger partial charge in [0, 0.05) is 17.7 Å². The lowest BCUT2D eigenvalue weighted by molar-refractivity contribution is -0.0965. The summed E-state index contributed by atoms with van der Waals surface area (Å²) in [5.74, 6) is 0.668. The second-order valence-electron chi connectivity index (χ2n) is 8.21. The van der Waals surface area contributed by atoms with Crippen molar-refractivity contribution < 1.29 is 37.6 Å². The zero-order valence-electron chi connectivity index (χ0n) is 20.3. The molecule has 0 atom stereocenters. The number of ether oxygens (including phenoxy) is 6. The van der Waals surface area contributed by atoms with Crippen molar-refractivity contribution in [1.82, 2.24) is 0 Å². The van der Waals surface area contributed by atoms with Crippen molar-refractivity contribution in [2.45, 2.75) is 26.4 Å². The molecule has 3 rings (SSSR count). The summed E-state index contributed by atoms with van der Waals surface area (Å²) in [5.41, 5.74) is -0.145. The second-order valence-corrected chi connectivity index (χ2v) is 8.21. The van der Waals surface area contributed by atoms with Gasteiger partial charge in [-0.15, -0.1) is 0 Å². The molecule has 0 radical (unpaired) electrons. The molecule has 1 heterocycles. The molecule has 0 aliphatic rings. The summed E-state index contributed by atoms with van der Waals surface area (Å²) in [6, 6.07) is 7.83. The van der Waals surface area contributed by atoms with E-state index in [1.165, 1.54) is 40.6 Å². The molecule has 9 heteroatoms. The van der Waals surface area contributed by atoms with Crippen LogP contribution in [0.25, 0.3) is 22.3 Å². The number of carbonyl (C=O) groups is 1. The lowest BCUT2D eigenvalue weighted by Gasteiger charge is -2.19. The van der Waals surface area contributed by atoms with E-state index in [1.807, 2.05) is 20.8 Å². The Bertz CT molecular complexity index is 1250. The van der Waals surface area contributed by atoms with E-state index < -0.39 is 11.6 Å². The van der Waals surface area contributed by atoms with Crippen molar-refractivity contribution >= 4 is 16.9 Å². The van der Waals surface area contributed by atoms with E-state index in [-0.39, 0.29) is 46.0 Å². The molecule has 0 aliphatic heterocycles. The molecule has 1 aromatic heterocycles. The highest BCUT2D eigenvalue weighted by Gasteiger charge is 2.25. The summed E-state index contributed by atoms with van der Waals surface area (Å²) in [5, 5.41) is 0.131. The zero-order valence-corrected chi connectivity index (χ0v) is 20.3. The topological polar surface area (TPSA) is 103 Å². The summed E-state index contributed by atoms with van der Waals surface area (Å²) in [6.07, 6.45) is 0. The van der Waals surface area contributed by atoms with E-state index in [0.29, 0.717) is 17.1 Å². The van der Waals surface area contributed by atoms with Crippen LogP contribution < -0.4 is 24.4 Å². The van der Waals surface area contributed by atoms with Crippen molar-refractivity contribution in [1.29, 1.82) is 0 Å². The van der Waals surface area contributed by atoms with E-state index in [2.05, 4.69) is 0 Å².